The smallest absolute Gasteiger partial charge is 0.352 e. The van der Waals surface area contributed by atoms with Crippen molar-refractivity contribution < 1.29 is 9.90 Å². The minimum Gasteiger partial charge on any atom is -0.477 e. The lowest BCUT2D eigenvalue weighted by Crippen LogP contribution is -2.15. The number of nitrogens with zero attached hydrogens (tertiary/aromatic N) is 1. The second kappa shape index (κ2) is 5.19. The molecule has 16 heavy (non-hydrogen) atoms. The van der Waals surface area contributed by atoms with Gasteiger partial charge >= 0.3 is 5.97 Å². The van der Waals surface area contributed by atoms with Crippen LogP contribution in [0.2, 0.25) is 0 Å². The molecular weight excluding hydrogens is 202 g/mol. The Balaban J connectivity index is 3.03. The molecule has 0 fully saturated rings. The quantitative estimate of drug-likeness (QED) is 0.833. The highest BCUT2D eigenvalue weighted by Gasteiger charge is 2.15. The molecule has 1 aromatic heterocycles. The van der Waals surface area contributed by atoms with E-state index in [-0.39, 0.29) is 0 Å². The van der Waals surface area contributed by atoms with E-state index in [9.17, 15) is 4.79 Å². The van der Waals surface area contributed by atoms with Crippen LogP contribution in [0.3, 0.4) is 0 Å². The predicted octanol–water partition coefficient (Wildman–Crippen LogP) is 3.04. The van der Waals surface area contributed by atoms with E-state index in [0.717, 1.165) is 18.7 Å². The number of aromatic nitrogens is 1. The molecule has 0 aliphatic heterocycles. The third-order valence-corrected chi connectivity index (χ3v) is 2.46. The third kappa shape index (κ3) is 3.12. The number of hydrogen-bond acceptors (Lipinski definition) is 1. The van der Waals surface area contributed by atoms with Gasteiger partial charge in [0, 0.05) is 12.2 Å². The van der Waals surface area contributed by atoms with Gasteiger partial charge in [-0.2, -0.15) is 0 Å². The summed E-state index contributed by atoms with van der Waals surface area (Å²) >= 11 is 0. The number of aromatic carboxylic acids is 1. The Morgan fingerprint density at radius 3 is 2.31 bits per heavy atom. The molecule has 1 heterocycles. The fourth-order valence-electron chi connectivity index (χ4n) is 1.87. The van der Waals surface area contributed by atoms with E-state index >= 15 is 0 Å². The molecule has 0 saturated carbocycles. The maximum Gasteiger partial charge on any atom is 0.352 e. The van der Waals surface area contributed by atoms with Crippen LogP contribution in [0.25, 0.3) is 0 Å². The van der Waals surface area contributed by atoms with E-state index in [1.165, 1.54) is 0 Å². The van der Waals surface area contributed by atoms with Crippen LogP contribution in [0, 0.1) is 11.8 Å². The number of hydrogen-bond donors (Lipinski definition) is 1. The molecule has 1 N–H and O–H groups in total. The van der Waals surface area contributed by atoms with Gasteiger partial charge < -0.3 is 9.67 Å². The number of carboxylic acid groups (broad SMARTS) is 1. The SMILES string of the molecule is CC(C)Cc1ccc(C(=O)O)n1CC(C)C. The lowest BCUT2D eigenvalue weighted by Gasteiger charge is -2.15. The molecule has 0 bridgehead atoms. The zero-order valence-corrected chi connectivity index (χ0v) is 10.5. The highest BCUT2D eigenvalue weighted by Crippen LogP contribution is 2.16. The zero-order valence-electron chi connectivity index (χ0n) is 10.5. The maximum atomic E-state index is 11.1. The van der Waals surface area contributed by atoms with E-state index in [2.05, 4.69) is 27.7 Å². The number of carbonyl (C=O) groups is 1. The second-order valence-electron chi connectivity index (χ2n) is 5.12. The molecule has 1 aromatic rings. The first-order valence-electron chi connectivity index (χ1n) is 5.83. The normalized spacial score (nSPS) is 11.4. The van der Waals surface area contributed by atoms with Gasteiger partial charge in [0.15, 0.2) is 0 Å². The lowest BCUT2D eigenvalue weighted by molar-refractivity contribution is 0.0683. The zero-order chi connectivity index (χ0) is 12.3. The highest BCUT2D eigenvalue weighted by atomic mass is 16.4. The van der Waals surface area contributed by atoms with Crippen LogP contribution in [0.5, 0.6) is 0 Å². The van der Waals surface area contributed by atoms with E-state index in [1.54, 1.807) is 6.07 Å². The monoisotopic (exact) mass is 223 g/mol. The van der Waals surface area contributed by atoms with Gasteiger partial charge in [0.05, 0.1) is 0 Å². The third-order valence-electron chi connectivity index (χ3n) is 2.46. The van der Waals surface area contributed by atoms with E-state index < -0.39 is 5.97 Å². The summed E-state index contributed by atoms with van der Waals surface area (Å²) in [4.78, 5) is 11.1. The van der Waals surface area contributed by atoms with Crippen molar-refractivity contribution in [3.8, 4) is 0 Å². The Kier molecular flexibility index (Phi) is 4.16. The molecule has 0 aliphatic carbocycles. The molecule has 0 spiro atoms. The summed E-state index contributed by atoms with van der Waals surface area (Å²) in [6.07, 6.45) is 0.931. The van der Waals surface area contributed by atoms with E-state index in [0.29, 0.717) is 17.5 Å². The fraction of sp³-hybridized carbons (Fsp3) is 0.615. The fourth-order valence-corrected chi connectivity index (χ4v) is 1.87. The summed E-state index contributed by atoms with van der Waals surface area (Å²) in [6.45, 7) is 9.27. The Bertz CT molecular complexity index is 364. The van der Waals surface area contributed by atoms with Crippen molar-refractivity contribution in [3.63, 3.8) is 0 Å². The minimum absolute atomic E-state index is 0.407. The van der Waals surface area contributed by atoms with Crippen molar-refractivity contribution in [2.24, 2.45) is 11.8 Å². The van der Waals surface area contributed by atoms with Crippen molar-refractivity contribution in [1.82, 2.24) is 4.57 Å². The molecule has 0 aromatic carbocycles. The van der Waals surface area contributed by atoms with Gasteiger partial charge in [-0.15, -0.1) is 0 Å². The first kappa shape index (κ1) is 12.8. The second-order valence-corrected chi connectivity index (χ2v) is 5.12. The largest absolute Gasteiger partial charge is 0.477 e. The molecule has 3 nitrogen and oxygen atoms in total. The first-order valence-corrected chi connectivity index (χ1v) is 5.83. The predicted molar refractivity (Wildman–Crippen MR) is 64.8 cm³/mol. The highest BCUT2D eigenvalue weighted by molar-refractivity contribution is 5.86. The Morgan fingerprint density at radius 2 is 1.88 bits per heavy atom. The topological polar surface area (TPSA) is 42.2 Å². The van der Waals surface area contributed by atoms with Crippen LogP contribution in [0.15, 0.2) is 12.1 Å². The molecular formula is C13H21NO2. The van der Waals surface area contributed by atoms with Crippen LogP contribution < -0.4 is 0 Å². The minimum atomic E-state index is -0.837. The van der Waals surface area contributed by atoms with Gasteiger partial charge in [-0.1, -0.05) is 27.7 Å². The average molecular weight is 223 g/mol. The summed E-state index contributed by atoms with van der Waals surface area (Å²) in [5.74, 6) is 0.162. The van der Waals surface area contributed by atoms with Crippen molar-refractivity contribution in [2.75, 3.05) is 0 Å². The summed E-state index contributed by atoms with van der Waals surface area (Å²) in [5, 5.41) is 9.11. The van der Waals surface area contributed by atoms with Crippen molar-refractivity contribution in [1.29, 1.82) is 0 Å². The maximum absolute atomic E-state index is 11.1. The molecule has 0 atom stereocenters. The van der Waals surface area contributed by atoms with Crippen LogP contribution in [-0.4, -0.2) is 15.6 Å². The van der Waals surface area contributed by atoms with Gasteiger partial charge in [0.25, 0.3) is 0 Å². The van der Waals surface area contributed by atoms with Crippen LogP contribution in [0.4, 0.5) is 0 Å². The number of carboxylic acids is 1. The van der Waals surface area contributed by atoms with Crippen LogP contribution >= 0.6 is 0 Å². The molecule has 0 amide bonds. The summed E-state index contributed by atoms with van der Waals surface area (Å²) in [5.41, 5.74) is 1.53. The molecule has 0 aliphatic rings. The molecule has 0 radical (unpaired) electrons. The van der Waals surface area contributed by atoms with Gasteiger partial charge in [-0.3, -0.25) is 0 Å². The Hall–Kier alpha value is -1.25. The Labute approximate surface area is 97.1 Å². The molecule has 0 saturated heterocycles. The summed E-state index contributed by atoms with van der Waals surface area (Å²) in [6, 6.07) is 3.65. The first-order chi connectivity index (χ1) is 7.41. The van der Waals surface area contributed by atoms with Gasteiger partial charge in [-0.25, -0.2) is 4.79 Å². The van der Waals surface area contributed by atoms with Crippen LogP contribution in [0.1, 0.15) is 43.9 Å². The summed E-state index contributed by atoms with van der Waals surface area (Å²) in [7, 11) is 0. The van der Waals surface area contributed by atoms with Gasteiger partial charge in [0.2, 0.25) is 0 Å². The Morgan fingerprint density at radius 1 is 1.25 bits per heavy atom. The standard InChI is InChI=1S/C13H21NO2/c1-9(2)7-11-5-6-12(13(15)16)14(11)8-10(3)4/h5-6,9-10H,7-8H2,1-4H3,(H,15,16). The van der Waals surface area contributed by atoms with Crippen molar-refractivity contribution >= 4 is 5.97 Å². The van der Waals surface area contributed by atoms with E-state index in [1.807, 2.05) is 10.6 Å². The molecule has 3 heteroatoms. The number of rotatable bonds is 5. The molecule has 0 unspecified atom stereocenters. The van der Waals surface area contributed by atoms with Crippen LogP contribution in [-0.2, 0) is 13.0 Å². The lowest BCUT2D eigenvalue weighted by atomic mass is 10.1. The average Bonchev–Trinajstić information content (AvgIpc) is 2.47. The van der Waals surface area contributed by atoms with E-state index in [4.69, 9.17) is 5.11 Å². The van der Waals surface area contributed by atoms with Crippen molar-refractivity contribution in [3.05, 3.63) is 23.5 Å². The van der Waals surface area contributed by atoms with Gasteiger partial charge in [-0.05, 0) is 30.4 Å². The van der Waals surface area contributed by atoms with Crippen molar-refractivity contribution in [2.45, 2.75) is 40.7 Å². The van der Waals surface area contributed by atoms with Gasteiger partial charge in [0.1, 0.15) is 5.69 Å². The molecule has 1 rings (SSSR count). The summed E-state index contributed by atoms with van der Waals surface area (Å²) < 4.78 is 1.94. The molecule has 90 valence electrons.